The molecular formula is C27H29FN8O2. The van der Waals surface area contributed by atoms with Crippen LogP contribution in [0.15, 0.2) is 53.6 Å². The van der Waals surface area contributed by atoms with Crippen molar-refractivity contribution < 1.29 is 9.18 Å². The monoisotopic (exact) mass is 516 g/mol. The van der Waals surface area contributed by atoms with Crippen LogP contribution in [0.2, 0.25) is 0 Å². The largest absolute Gasteiger partial charge is 0.372 e. The van der Waals surface area contributed by atoms with Crippen LogP contribution in [-0.2, 0) is 24.3 Å². The fraction of sp³-hybridized carbons (Fsp3) is 0.333. The Balaban J connectivity index is 1.26. The maximum atomic E-state index is 13.8. The summed E-state index contributed by atoms with van der Waals surface area (Å²) in [5, 5.41) is 10.5. The van der Waals surface area contributed by atoms with Crippen LogP contribution in [0.5, 0.6) is 0 Å². The third-order valence-corrected chi connectivity index (χ3v) is 7.14. The molecule has 2 aliphatic rings. The van der Waals surface area contributed by atoms with Crippen LogP contribution in [0.4, 0.5) is 16.0 Å². The van der Waals surface area contributed by atoms with Crippen LogP contribution in [-0.4, -0.2) is 51.6 Å². The number of amides is 1. The summed E-state index contributed by atoms with van der Waals surface area (Å²) < 4.78 is 14.9. The minimum atomic E-state index is -0.301. The van der Waals surface area contributed by atoms with Crippen LogP contribution in [0.1, 0.15) is 29.4 Å². The zero-order valence-corrected chi connectivity index (χ0v) is 20.8. The number of aromatic amines is 1. The van der Waals surface area contributed by atoms with E-state index >= 15 is 0 Å². The van der Waals surface area contributed by atoms with E-state index in [0.717, 1.165) is 41.7 Å². The van der Waals surface area contributed by atoms with Crippen molar-refractivity contribution in [3.63, 3.8) is 0 Å². The van der Waals surface area contributed by atoms with Crippen LogP contribution >= 0.6 is 0 Å². The molecule has 6 rings (SSSR count). The molecule has 1 amide bonds. The standard InChI is InChI=1S/C27H29FN8O2/c28-19-3-1-17(2-4-19)21-5-6-23-25(33-21)26(38)36(27(34-23)35-11-9-29-10-12-35)16-24(37)31-15-20-13-18-14-30-8-7-22(18)32-20/h1-4,7-8,13-14,21,29,32-33H,5-6,9-12,15-16H2,(H,31,37). The summed E-state index contributed by atoms with van der Waals surface area (Å²) in [6, 6.07) is 9.99. The minimum absolute atomic E-state index is 0.138. The van der Waals surface area contributed by atoms with E-state index in [0.29, 0.717) is 43.4 Å². The number of aryl methyl sites for hydroxylation is 1. The first-order valence-electron chi connectivity index (χ1n) is 12.8. The molecule has 0 bridgehead atoms. The molecule has 1 aromatic carbocycles. The molecule has 11 heteroatoms. The van der Waals surface area contributed by atoms with Gasteiger partial charge in [-0.3, -0.25) is 19.1 Å². The number of hydrogen-bond acceptors (Lipinski definition) is 7. The number of pyridine rings is 1. The number of fused-ring (bicyclic) bond motifs is 2. The lowest BCUT2D eigenvalue weighted by atomic mass is 9.96. The number of carbonyl (C=O) groups excluding carboxylic acids is 1. The maximum Gasteiger partial charge on any atom is 0.279 e. The number of piperazine rings is 1. The van der Waals surface area contributed by atoms with Crippen LogP contribution in [0, 0.1) is 5.82 Å². The first-order chi connectivity index (χ1) is 18.5. The van der Waals surface area contributed by atoms with Crippen molar-refractivity contribution >= 4 is 28.4 Å². The summed E-state index contributed by atoms with van der Waals surface area (Å²) in [5.74, 6) is -0.0678. The van der Waals surface area contributed by atoms with Crippen molar-refractivity contribution in [2.45, 2.75) is 32.0 Å². The molecule has 4 N–H and O–H groups in total. The summed E-state index contributed by atoms with van der Waals surface area (Å²) in [7, 11) is 0. The lowest BCUT2D eigenvalue weighted by Crippen LogP contribution is -2.47. The normalized spacial score (nSPS) is 17.2. The second kappa shape index (κ2) is 10.3. The molecule has 5 heterocycles. The summed E-state index contributed by atoms with van der Waals surface area (Å²) in [5.41, 5.74) is 3.53. The number of nitrogens with one attached hydrogen (secondary N) is 4. The zero-order chi connectivity index (χ0) is 26.1. The molecule has 10 nitrogen and oxygen atoms in total. The predicted molar refractivity (Wildman–Crippen MR) is 143 cm³/mol. The lowest BCUT2D eigenvalue weighted by Gasteiger charge is -2.33. The molecule has 1 unspecified atom stereocenters. The van der Waals surface area contributed by atoms with Gasteiger partial charge in [0.2, 0.25) is 11.9 Å². The first-order valence-corrected chi connectivity index (χ1v) is 12.8. The number of hydrogen-bond donors (Lipinski definition) is 4. The maximum absolute atomic E-state index is 13.8. The smallest absolute Gasteiger partial charge is 0.279 e. The van der Waals surface area contributed by atoms with Gasteiger partial charge in [0, 0.05) is 55.2 Å². The molecule has 0 spiro atoms. The van der Waals surface area contributed by atoms with Crippen molar-refractivity contribution in [1.29, 1.82) is 0 Å². The van der Waals surface area contributed by atoms with E-state index in [1.807, 2.05) is 12.1 Å². The molecule has 3 aromatic heterocycles. The Bertz CT molecular complexity index is 1490. The zero-order valence-electron chi connectivity index (χ0n) is 20.8. The third kappa shape index (κ3) is 4.84. The van der Waals surface area contributed by atoms with E-state index in [1.54, 1.807) is 24.5 Å². The van der Waals surface area contributed by atoms with Gasteiger partial charge in [-0.2, -0.15) is 0 Å². The van der Waals surface area contributed by atoms with E-state index in [2.05, 4.69) is 30.8 Å². The molecule has 0 saturated carbocycles. The summed E-state index contributed by atoms with van der Waals surface area (Å²) in [4.78, 5) is 41.2. The Labute approximate surface area is 218 Å². The highest BCUT2D eigenvalue weighted by Gasteiger charge is 2.28. The fourth-order valence-electron chi connectivity index (χ4n) is 5.15. The van der Waals surface area contributed by atoms with E-state index in [1.165, 1.54) is 16.7 Å². The summed E-state index contributed by atoms with van der Waals surface area (Å²) >= 11 is 0. The van der Waals surface area contributed by atoms with Crippen molar-refractivity contribution in [3.05, 3.63) is 81.9 Å². The summed E-state index contributed by atoms with van der Waals surface area (Å²) in [6.45, 7) is 3.10. The van der Waals surface area contributed by atoms with Gasteiger partial charge in [0.25, 0.3) is 5.56 Å². The van der Waals surface area contributed by atoms with E-state index < -0.39 is 0 Å². The van der Waals surface area contributed by atoms with Gasteiger partial charge in [0.15, 0.2) is 0 Å². The Morgan fingerprint density at radius 1 is 1.16 bits per heavy atom. The fourth-order valence-corrected chi connectivity index (χ4v) is 5.15. The number of carbonyl (C=O) groups is 1. The number of benzene rings is 1. The van der Waals surface area contributed by atoms with Gasteiger partial charge in [-0.25, -0.2) is 9.37 Å². The molecular weight excluding hydrogens is 487 g/mol. The van der Waals surface area contributed by atoms with Crippen LogP contribution in [0.3, 0.4) is 0 Å². The van der Waals surface area contributed by atoms with Gasteiger partial charge in [0.1, 0.15) is 18.0 Å². The number of aromatic nitrogens is 4. The molecule has 0 radical (unpaired) electrons. The van der Waals surface area contributed by atoms with Gasteiger partial charge in [-0.1, -0.05) is 12.1 Å². The molecule has 1 saturated heterocycles. The van der Waals surface area contributed by atoms with E-state index in [4.69, 9.17) is 4.98 Å². The predicted octanol–water partition coefficient (Wildman–Crippen LogP) is 2.08. The van der Waals surface area contributed by atoms with Crippen molar-refractivity contribution in [2.75, 3.05) is 36.4 Å². The number of halogens is 1. The minimum Gasteiger partial charge on any atom is -0.372 e. The molecule has 4 aromatic rings. The molecule has 196 valence electrons. The Kier molecular flexibility index (Phi) is 6.50. The van der Waals surface area contributed by atoms with E-state index in [9.17, 15) is 14.0 Å². The van der Waals surface area contributed by atoms with Gasteiger partial charge in [-0.15, -0.1) is 0 Å². The second-order valence-corrected chi connectivity index (χ2v) is 9.68. The Morgan fingerprint density at radius 2 is 1.97 bits per heavy atom. The highest BCUT2D eigenvalue weighted by atomic mass is 19.1. The molecule has 2 aliphatic heterocycles. The van der Waals surface area contributed by atoms with Crippen molar-refractivity contribution in [2.24, 2.45) is 0 Å². The average molecular weight is 517 g/mol. The number of H-pyrrole nitrogens is 1. The first kappa shape index (κ1) is 24.1. The average Bonchev–Trinajstić information content (AvgIpc) is 3.37. The number of anilines is 2. The Morgan fingerprint density at radius 3 is 2.76 bits per heavy atom. The van der Waals surface area contributed by atoms with Crippen LogP contribution in [0.25, 0.3) is 10.9 Å². The molecule has 1 atom stereocenters. The molecule has 0 aliphatic carbocycles. The second-order valence-electron chi connectivity index (χ2n) is 9.68. The summed E-state index contributed by atoms with van der Waals surface area (Å²) in [6.07, 6.45) is 4.82. The number of rotatable bonds is 6. The Hall–Kier alpha value is -4.25. The molecule has 1 fully saturated rings. The van der Waals surface area contributed by atoms with Gasteiger partial charge in [-0.05, 0) is 42.7 Å². The van der Waals surface area contributed by atoms with Gasteiger partial charge in [0.05, 0.1) is 18.3 Å². The highest BCUT2D eigenvalue weighted by Crippen LogP contribution is 2.31. The molecule has 38 heavy (non-hydrogen) atoms. The van der Waals surface area contributed by atoms with E-state index in [-0.39, 0.29) is 29.9 Å². The van der Waals surface area contributed by atoms with Crippen molar-refractivity contribution in [3.8, 4) is 0 Å². The van der Waals surface area contributed by atoms with Crippen molar-refractivity contribution in [1.82, 2.24) is 30.2 Å². The van der Waals surface area contributed by atoms with Gasteiger partial charge < -0.3 is 25.8 Å². The quantitative estimate of drug-likeness (QED) is 0.310. The SMILES string of the molecule is O=C(Cn1c(N2CCNCC2)nc2c(c1=O)NC(c1ccc(F)cc1)CC2)NCc1cc2cnccc2[nH]1. The number of nitrogens with zero attached hydrogens (tertiary/aromatic N) is 4. The third-order valence-electron chi connectivity index (χ3n) is 7.14. The van der Waals surface area contributed by atoms with Crippen LogP contribution < -0.4 is 26.4 Å². The lowest BCUT2D eigenvalue weighted by molar-refractivity contribution is -0.121. The van der Waals surface area contributed by atoms with Gasteiger partial charge >= 0.3 is 0 Å². The highest BCUT2D eigenvalue weighted by molar-refractivity contribution is 5.80. The topological polar surface area (TPSA) is 120 Å².